The SMILES string of the molecule is CC(C)(C)OC(=O)N1[C@@H]2CC[C@H]1c1sc(N)nc1C2. The van der Waals surface area contributed by atoms with Crippen LogP contribution in [0, 0.1) is 0 Å². The van der Waals surface area contributed by atoms with Crippen molar-refractivity contribution >= 4 is 22.6 Å². The van der Waals surface area contributed by atoms with E-state index in [4.69, 9.17) is 10.5 Å². The molecule has 1 aromatic rings. The first-order valence-electron chi connectivity index (χ1n) is 6.61. The van der Waals surface area contributed by atoms with Gasteiger partial charge < -0.3 is 10.5 Å². The molecule has 2 atom stereocenters. The summed E-state index contributed by atoms with van der Waals surface area (Å²) < 4.78 is 5.52. The molecule has 1 aromatic heterocycles. The van der Waals surface area contributed by atoms with Gasteiger partial charge in [-0.2, -0.15) is 0 Å². The highest BCUT2D eigenvalue weighted by Gasteiger charge is 2.45. The maximum atomic E-state index is 12.3. The largest absolute Gasteiger partial charge is 0.444 e. The Morgan fingerprint density at radius 1 is 1.47 bits per heavy atom. The zero-order chi connectivity index (χ0) is 13.8. The molecular weight excluding hydrogens is 262 g/mol. The first-order chi connectivity index (χ1) is 8.85. The minimum atomic E-state index is -0.455. The van der Waals surface area contributed by atoms with E-state index in [1.54, 1.807) is 0 Å². The lowest BCUT2D eigenvalue weighted by Gasteiger charge is -2.35. The summed E-state index contributed by atoms with van der Waals surface area (Å²) in [7, 11) is 0. The Kier molecular flexibility index (Phi) is 2.74. The van der Waals surface area contributed by atoms with Crippen LogP contribution in [0.25, 0.3) is 0 Å². The van der Waals surface area contributed by atoms with Crippen LogP contribution in [-0.4, -0.2) is 27.6 Å². The molecule has 1 saturated heterocycles. The van der Waals surface area contributed by atoms with Crippen LogP contribution in [-0.2, 0) is 11.2 Å². The van der Waals surface area contributed by atoms with Crippen LogP contribution < -0.4 is 5.73 Å². The van der Waals surface area contributed by atoms with Crippen molar-refractivity contribution in [1.29, 1.82) is 0 Å². The topological polar surface area (TPSA) is 68.5 Å². The minimum absolute atomic E-state index is 0.110. The van der Waals surface area contributed by atoms with E-state index in [9.17, 15) is 4.79 Å². The van der Waals surface area contributed by atoms with Crippen LogP contribution in [0.15, 0.2) is 0 Å². The zero-order valence-electron chi connectivity index (χ0n) is 11.5. The van der Waals surface area contributed by atoms with Gasteiger partial charge in [0.1, 0.15) is 5.60 Å². The molecule has 2 aliphatic heterocycles. The fraction of sp³-hybridized carbons (Fsp3) is 0.692. The van der Waals surface area contributed by atoms with Gasteiger partial charge in [-0.1, -0.05) is 11.3 Å². The van der Waals surface area contributed by atoms with Gasteiger partial charge in [0.05, 0.1) is 16.6 Å². The predicted molar refractivity (Wildman–Crippen MR) is 74.1 cm³/mol. The quantitative estimate of drug-likeness (QED) is 0.794. The average molecular weight is 281 g/mol. The van der Waals surface area contributed by atoms with Gasteiger partial charge in [-0.05, 0) is 33.6 Å². The van der Waals surface area contributed by atoms with Crippen molar-refractivity contribution in [3.05, 3.63) is 10.6 Å². The van der Waals surface area contributed by atoms with E-state index in [-0.39, 0.29) is 18.2 Å². The maximum absolute atomic E-state index is 12.3. The molecule has 0 spiro atoms. The number of rotatable bonds is 0. The molecule has 104 valence electrons. The molecular formula is C13H19N3O2S. The number of carbonyl (C=O) groups is 1. The number of fused-ring (bicyclic) bond motifs is 4. The number of anilines is 1. The third-order valence-corrected chi connectivity index (χ3v) is 4.61. The number of hydrogen-bond donors (Lipinski definition) is 1. The van der Waals surface area contributed by atoms with E-state index in [1.807, 2.05) is 25.7 Å². The number of thiazole rings is 1. The number of carbonyl (C=O) groups excluding carboxylic acids is 1. The Morgan fingerprint density at radius 3 is 2.89 bits per heavy atom. The summed E-state index contributed by atoms with van der Waals surface area (Å²) in [5.74, 6) is 0. The highest BCUT2D eigenvalue weighted by molar-refractivity contribution is 7.15. The van der Waals surface area contributed by atoms with E-state index in [1.165, 1.54) is 11.3 Å². The molecule has 0 radical (unpaired) electrons. The molecule has 5 nitrogen and oxygen atoms in total. The smallest absolute Gasteiger partial charge is 0.411 e. The summed E-state index contributed by atoms with van der Waals surface area (Å²) in [6.45, 7) is 5.69. The van der Waals surface area contributed by atoms with Gasteiger partial charge in [0, 0.05) is 12.5 Å². The van der Waals surface area contributed by atoms with Gasteiger partial charge in [-0.15, -0.1) is 0 Å². The molecule has 0 aliphatic carbocycles. The van der Waals surface area contributed by atoms with Gasteiger partial charge in [0.2, 0.25) is 0 Å². The summed E-state index contributed by atoms with van der Waals surface area (Å²) in [6, 6.07) is 0.326. The van der Waals surface area contributed by atoms with Crippen molar-refractivity contribution in [3.8, 4) is 0 Å². The third-order valence-electron chi connectivity index (χ3n) is 3.58. The van der Waals surface area contributed by atoms with Crippen molar-refractivity contribution in [2.75, 3.05) is 5.73 Å². The Bertz CT molecular complexity index is 520. The summed E-state index contributed by atoms with van der Waals surface area (Å²) in [5, 5.41) is 0.599. The number of ether oxygens (including phenoxy) is 1. The lowest BCUT2D eigenvalue weighted by Crippen LogP contribution is -2.44. The maximum Gasteiger partial charge on any atom is 0.411 e. The van der Waals surface area contributed by atoms with E-state index in [0.717, 1.165) is 29.8 Å². The number of amides is 1. The lowest BCUT2D eigenvalue weighted by molar-refractivity contribution is 0.0127. The fourth-order valence-corrected chi connectivity index (χ4v) is 3.94. The van der Waals surface area contributed by atoms with Crippen LogP contribution in [0.1, 0.15) is 50.2 Å². The van der Waals surface area contributed by atoms with Crippen LogP contribution in [0.2, 0.25) is 0 Å². The van der Waals surface area contributed by atoms with Gasteiger partial charge in [-0.3, -0.25) is 4.90 Å². The number of nitrogens with zero attached hydrogens (tertiary/aromatic N) is 2. The second-order valence-electron chi connectivity index (χ2n) is 6.20. The summed E-state index contributed by atoms with van der Waals surface area (Å²) in [4.78, 5) is 19.8. The van der Waals surface area contributed by atoms with Crippen LogP contribution in [0.5, 0.6) is 0 Å². The monoisotopic (exact) mass is 281 g/mol. The lowest BCUT2D eigenvalue weighted by atomic mass is 10.1. The van der Waals surface area contributed by atoms with Gasteiger partial charge in [0.15, 0.2) is 5.13 Å². The van der Waals surface area contributed by atoms with Crippen molar-refractivity contribution in [1.82, 2.24) is 9.88 Å². The molecule has 19 heavy (non-hydrogen) atoms. The molecule has 0 aromatic carbocycles. The van der Waals surface area contributed by atoms with E-state index < -0.39 is 5.60 Å². The van der Waals surface area contributed by atoms with Gasteiger partial charge >= 0.3 is 6.09 Å². The van der Waals surface area contributed by atoms with Crippen molar-refractivity contribution in [3.63, 3.8) is 0 Å². The Labute approximate surface area is 116 Å². The molecule has 3 heterocycles. The highest BCUT2D eigenvalue weighted by atomic mass is 32.1. The first-order valence-corrected chi connectivity index (χ1v) is 7.43. The molecule has 2 N–H and O–H groups in total. The molecule has 0 unspecified atom stereocenters. The third kappa shape index (κ3) is 2.18. The van der Waals surface area contributed by atoms with Crippen LogP contribution in [0.3, 0.4) is 0 Å². The van der Waals surface area contributed by atoms with Crippen molar-refractivity contribution in [2.45, 2.75) is 57.7 Å². The zero-order valence-corrected chi connectivity index (χ0v) is 12.3. The number of aromatic nitrogens is 1. The molecule has 3 rings (SSSR count). The standard InChI is InChI=1S/C13H19N3O2S/c1-13(2,3)18-12(17)16-7-4-5-9(16)10-8(6-7)15-11(14)19-10/h7,9H,4-6H2,1-3H3,(H2,14,15)/t7-,9+/m1/s1. The molecule has 0 saturated carbocycles. The summed E-state index contributed by atoms with van der Waals surface area (Å²) in [6.07, 6.45) is 2.60. The Hall–Kier alpha value is -1.30. The molecule has 1 fully saturated rings. The van der Waals surface area contributed by atoms with Gasteiger partial charge in [0.25, 0.3) is 0 Å². The summed E-state index contributed by atoms with van der Waals surface area (Å²) in [5.41, 5.74) is 6.41. The Morgan fingerprint density at radius 2 is 2.21 bits per heavy atom. The molecule has 2 bridgehead atoms. The second-order valence-corrected chi connectivity index (χ2v) is 7.26. The van der Waals surface area contributed by atoms with Crippen LogP contribution in [0.4, 0.5) is 9.93 Å². The van der Waals surface area contributed by atoms with Crippen molar-refractivity contribution in [2.24, 2.45) is 0 Å². The highest BCUT2D eigenvalue weighted by Crippen LogP contribution is 2.46. The van der Waals surface area contributed by atoms with Crippen LogP contribution >= 0.6 is 11.3 Å². The number of nitrogen functional groups attached to an aromatic ring is 1. The van der Waals surface area contributed by atoms with E-state index in [0.29, 0.717) is 5.13 Å². The minimum Gasteiger partial charge on any atom is -0.444 e. The number of hydrogen-bond acceptors (Lipinski definition) is 5. The van der Waals surface area contributed by atoms with E-state index >= 15 is 0 Å². The van der Waals surface area contributed by atoms with Gasteiger partial charge in [-0.25, -0.2) is 9.78 Å². The fourth-order valence-electron chi connectivity index (χ4n) is 2.94. The number of nitrogens with two attached hydrogens (primary N) is 1. The second kappa shape index (κ2) is 4.10. The molecule has 6 heteroatoms. The summed E-state index contributed by atoms with van der Waals surface area (Å²) >= 11 is 1.51. The predicted octanol–water partition coefficient (Wildman–Crippen LogP) is 2.72. The Balaban J connectivity index is 1.87. The van der Waals surface area contributed by atoms with Crippen molar-refractivity contribution < 1.29 is 9.53 Å². The normalized spacial score (nSPS) is 25.3. The average Bonchev–Trinajstić information content (AvgIpc) is 2.77. The molecule has 1 amide bonds. The van der Waals surface area contributed by atoms with E-state index in [2.05, 4.69) is 4.98 Å². The molecule has 2 aliphatic rings. The first kappa shape index (κ1) is 12.7.